The minimum absolute atomic E-state index is 0. The highest BCUT2D eigenvalue weighted by atomic mass is 35.5. The number of hydrogen-bond donors (Lipinski definition) is 2. The monoisotopic (exact) mass is 352 g/mol. The molecule has 4 nitrogen and oxygen atoms in total. The molecule has 6 heteroatoms. The Kier molecular flexibility index (Phi) is 8.22. The van der Waals surface area contributed by atoms with Crippen LogP contribution in [-0.2, 0) is 11.2 Å². The molecular formula is C18H22ClFN2O2. The van der Waals surface area contributed by atoms with Crippen molar-refractivity contribution < 1.29 is 13.9 Å². The molecule has 1 atom stereocenters. The Morgan fingerprint density at radius 3 is 2.33 bits per heavy atom. The highest BCUT2D eigenvalue weighted by Crippen LogP contribution is 2.22. The molecule has 0 bridgehead atoms. The first-order chi connectivity index (χ1) is 11.1. The number of carbonyl (C=O) groups excluding carboxylic acids is 1. The second-order valence-corrected chi connectivity index (χ2v) is 5.26. The fraction of sp³-hybridized carbons (Fsp3) is 0.278. The smallest absolute Gasteiger partial charge is 0.221 e. The van der Waals surface area contributed by atoms with Crippen LogP contribution >= 0.6 is 12.4 Å². The molecule has 0 saturated heterocycles. The molecule has 0 radical (unpaired) electrons. The SMILES string of the molecule is COc1ccc(C(Cc2ccc(F)cc2)NC(=O)CCN)cc1.Cl. The standard InChI is InChI=1S/C18H21FN2O2.ClH/c1-23-16-8-4-14(5-9-16)17(21-18(22)10-11-20)12-13-2-6-15(19)7-3-13;/h2-9,17H,10-12,20H2,1H3,(H,21,22);1H. The molecule has 0 aliphatic carbocycles. The van der Waals surface area contributed by atoms with Crippen molar-refractivity contribution in [2.24, 2.45) is 5.73 Å². The minimum Gasteiger partial charge on any atom is -0.497 e. The van der Waals surface area contributed by atoms with E-state index in [0.717, 1.165) is 16.9 Å². The van der Waals surface area contributed by atoms with E-state index in [1.807, 2.05) is 24.3 Å². The molecule has 0 fully saturated rings. The number of nitrogens with two attached hydrogens (primary N) is 1. The van der Waals surface area contributed by atoms with Crippen LogP contribution in [0, 0.1) is 5.82 Å². The molecule has 130 valence electrons. The lowest BCUT2D eigenvalue weighted by Gasteiger charge is -2.20. The maximum Gasteiger partial charge on any atom is 0.221 e. The average Bonchev–Trinajstić information content (AvgIpc) is 2.56. The van der Waals surface area contributed by atoms with Crippen LogP contribution < -0.4 is 15.8 Å². The minimum atomic E-state index is -0.276. The van der Waals surface area contributed by atoms with Gasteiger partial charge in [0.2, 0.25) is 5.91 Å². The van der Waals surface area contributed by atoms with E-state index in [1.54, 1.807) is 19.2 Å². The molecule has 24 heavy (non-hydrogen) atoms. The summed E-state index contributed by atoms with van der Waals surface area (Å²) in [5.41, 5.74) is 7.34. The Hall–Kier alpha value is -2.11. The molecule has 1 unspecified atom stereocenters. The van der Waals surface area contributed by atoms with Crippen LogP contribution in [0.25, 0.3) is 0 Å². The average molecular weight is 353 g/mol. The summed E-state index contributed by atoms with van der Waals surface area (Å²) >= 11 is 0. The predicted octanol–water partition coefficient (Wildman–Crippen LogP) is 3.00. The van der Waals surface area contributed by atoms with Crippen LogP contribution in [0.2, 0.25) is 0 Å². The van der Waals surface area contributed by atoms with Gasteiger partial charge in [0, 0.05) is 13.0 Å². The number of nitrogens with one attached hydrogen (secondary N) is 1. The Labute approximate surface area is 147 Å². The second-order valence-electron chi connectivity index (χ2n) is 5.26. The molecule has 3 N–H and O–H groups in total. The molecule has 0 saturated carbocycles. The molecule has 0 aromatic heterocycles. The summed E-state index contributed by atoms with van der Waals surface area (Å²) in [6.45, 7) is 0.303. The fourth-order valence-electron chi connectivity index (χ4n) is 2.34. The molecule has 0 spiro atoms. The van der Waals surface area contributed by atoms with Gasteiger partial charge in [-0.1, -0.05) is 24.3 Å². The molecular weight excluding hydrogens is 331 g/mol. The summed E-state index contributed by atoms with van der Waals surface area (Å²) in [6, 6.07) is 13.6. The summed E-state index contributed by atoms with van der Waals surface area (Å²) in [6.07, 6.45) is 0.846. The molecule has 1 amide bonds. The first-order valence-electron chi connectivity index (χ1n) is 7.50. The lowest BCUT2D eigenvalue weighted by atomic mass is 9.98. The number of methoxy groups -OCH3 is 1. The highest BCUT2D eigenvalue weighted by molar-refractivity contribution is 5.85. The molecule has 0 aliphatic rings. The summed E-state index contributed by atoms with van der Waals surface area (Å²) < 4.78 is 18.2. The normalized spacial score (nSPS) is 11.3. The maximum atomic E-state index is 13.0. The van der Waals surface area contributed by atoms with E-state index in [1.165, 1.54) is 12.1 Å². The van der Waals surface area contributed by atoms with Gasteiger partial charge in [-0.2, -0.15) is 0 Å². The van der Waals surface area contributed by atoms with E-state index >= 15 is 0 Å². The maximum absolute atomic E-state index is 13.0. The van der Waals surface area contributed by atoms with Crippen LogP contribution in [0.4, 0.5) is 4.39 Å². The van der Waals surface area contributed by atoms with Gasteiger partial charge in [0.25, 0.3) is 0 Å². The van der Waals surface area contributed by atoms with E-state index in [4.69, 9.17) is 10.5 Å². The van der Waals surface area contributed by atoms with Crippen molar-refractivity contribution in [1.29, 1.82) is 0 Å². The van der Waals surface area contributed by atoms with Gasteiger partial charge in [0.05, 0.1) is 13.2 Å². The third-order valence-electron chi connectivity index (χ3n) is 3.58. The lowest BCUT2D eigenvalue weighted by molar-refractivity contribution is -0.121. The van der Waals surface area contributed by atoms with Crippen LogP contribution in [0.5, 0.6) is 5.75 Å². The van der Waals surface area contributed by atoms with E-state index in [0.29, 0.717) is 13.0 Å². The largest absolute Gasteiger partial charge is 0.497 e. The first kappa shape index (κ1) is 19.9. The second kappa shape index (κ2) is 9.90. The van der Waals surface area contributed by atoms with Crippen molar-refractivity contribution in [1.82, 2.24) is 5.32 Å². The van der Waals surface area contributed by atoms with Crippen molar-refractivity contribution in [3.8, 4) is 5.75 Å². The zero-order valence-electron chi connectivity index (χ0n) is 13.5. The molecule has 2 aromatic carbocycles. The van der Waals surface area contributed by atoms with Crippen LogP contribution in [0.15, 0.2) is 48.5 Å². The van der Waals surface area contributed by atoms with Gasteiger partial charge in [-0.15, -0.1) is 12.4 Å². The Morgan fingerprint density at radius 2 is 1.79 bits per heavy atom. The number of benzene rings is 2. The predicted molar refractivity (Wildman–Crippen MR) is 94.9 cm³/mol. The number of carbonyl (C=O) groups is 1. The number of halogens is 2. The Bertz CT molecular complexity index is 632. The van der Waals surface area contributed by atoms with E-state index in [9.17, 15) is 9.18 Å². The van der Waals surface area contributed by atoms with Crippen molar-refractivity contribution in [3.05, 3.63) is 65.5 Å². The number of amides is 1. The summed E-state index contributed by atoms with van der Waals surface area (Å²) in [5.74, 6) is 0.375. The van der Waals surface area contributed by atoms with Gasteiger partial charge in [-0.05, 0) is 41.8 Å². The molecule has 2 rings (SSSR count). The van der Waals surface area contributed by atoms with E-state index in [-0.39, 0.29) is 36.6 Å². The fourth-order valence-corrected chi connectivity index (χ4v) is 2.34. The zero-order valence-corrected chi connectivity index (χ0v) is 14.3. The third-order valence-corrected chi connectivity index (χ3v) is 3.58. The Morgan fingerprint density at radius 1 is 1.17 bits per heavy atom. The lowest BCUT2D eigenvalue weighted by Crippen LogP contribution is -2.31. The Balaban J connectivity index is 0.00000288. The summed E-state index contributed by atoms with van der Waals surface area (Å²) in [5, 5.41) is 2.98. The molecule has 0 aliphatic heterocycles. The van der Waals surface area contributed by atoms with Gasteiger partial charge < -0.3 is 15.8 Å². The van der Waals surface area contributed by atoms with Crippen LogP contribution in [0.3, 0.4) is 0 Å². The summed E-state index contributed by atoms with van der Waals surface area (Å²) in [7, 11) is 1.61. The third kappa shape index (κ3) is 5.83. The van der Waals surface area contributed by atoms with Crippen LogP contribution in [0.1, 0.15) is 23.6 Å². The van der Waals surface area contributed by atoms with E-state index in [2.05, 4.69) is 5.32 Å². The van der Waals surface area contributed by atoms with Gasteiger partial charge in [-0.3, -0.25) is 4.79 Å². The van der Waals surface area contributed by atoms with Crippen molar-refractivity contribution in [2.75, 3.05) is 13.7 Å². The molecule has 2 aromatic rings. The van der Waals surface area contributed by atoms with Crippen molar-refractivity contribution in [2.45, 2.75) is 18.9 Å². The van der Waals surface area contributed by atoms with Crippen molar-refractivity contribution in [3.63, 3.8) is 0 Å². The number of hydrogen-bond acceptors (Lipinski definition) is 3. The number of ether oxygens (including phenoxy) is 1. The summed E-state index contributed by atoms with van der Waals surface area (Å²) in [4.78, 5) is 11.9. The number of rotatable bonds is 7. The van der Waals surface area contributed by atoms with Gasteiger partial charge in [0.1, 0.15) is 11.6 Å². The first-order valence-corrected chi connectivity index (χ1v) is 7.50. The quantitative estimate of drug-likeness (QED) is 0.805. The van der Waals surface area contributed by atoms with Gasteiger partial charge in [0.15, 0.2) is 0 Å². The topological polar surface area (TPSA) is 64.3 Å². The van der Waals surface area contributed by atoms with Crippen molar-refractivity contribution >= 4 is 18.3 Å². The van der Waals surface area contributed by atoms with E-state index < -0.39 is 0 Å². The highest BCUT2D eigenvalue weighted by Gasteiger charge is 2.15. The van der Waals surface area contributed by atoms with Gasteiger partial charge >= 0.3 is 0 Å². The van der Waals surface area contributed by atoms with Gasteiger partial charge in [-0.25, -0.2) is 4.39 Å². The molecule has 0 heterocycles. The zero-order chi connectivity index (χ0) is 16.7. The van der Waals surface area contributed by atoms with Crippen LogP contribution in [-0.4, -0.2) is 19.6 Å².